The minimum Gasteiger partial charge on any atom is -0.507 e. The summed E-state index contributed by atoms with van der Waals surface area (Å²) in [6, 6.07) is 4.12. The van der Waals surface area contributed by atoms with Crippen molar-refractivity contribution >= 4 is 5.97 Å². The average molecular weight is 517 g/mol. The van der Waals surface area contributed by atoms with E-state index in [9.17, 15) is 9.90 Å². The molecule has 0 aliphatic rings. The number of ether oxygens (including phenoxy) is 1. The highest BCUT2D eigenvalue weighted by Gasteiger charge is 2.26. The van der Waals surface area contributed by atoms with Gasteiger partial charge in [0.15, 0.2) is 0 Å². The monoisotopic (exact) mass is 516 g/mol. The molecule has 0 saturated heterocycles. The van der Waals surface area contributed by atoms with Crippen LogP contribution in [0.1, 0.15) is 168 Å². The van der Waals surface area contributed by atoms with Crippen molar-refractivity contribution < 1.29 is 14.6 Å². The molecule has 0 aliphatic carbocycles. The van der Waals surface area contributed by atoms with E-state index in [2.05, 4.69) is 60.6 Å². The second-order valence-corrected chi connectivity index (χ2v) is 13.2. The fourth-order valence-electron chi connectivity index (χ4n) is 4.96. The standard InChI is InChI=1S/C34H60O3/c1-8-9-10-11-12-13-14-15-16-17-18-19-20-21-22-25-37-31(35)24-23-28-26-29(33(2,3)4)32(36)30(27-28)34(5,6)7/h26-27,36H,8-25H2,1-7H3. The van der Waals surface area contributed by atoms with Gasteiger partial charge < -0.3 is 9.84 Å². The van der Waals surface area contributed by atoms with Gasteiger partial charge in [0.05, 0.1) is 6.61 Å². The van der Waals surface area contributed by atoms with Gasteiger partial charge >= 0.3 is 5.97 Å². The maximum absolute atomic E-state index is 12.3. The van der Waals surface area contributed by atoms with E-state index >= 15 is 0 Å². The van der Waals surface area contributed by atoms with E-state index in [1.165, 1.54) is 83.5 Å². The lowest BCUT2D eigenvalue weighted by Gasteiger charge is -2.28. The lowest BCUT2D eigenvalue weighted by atomic mass is 9.78. The third-order valence-electron chi connectivity index (χ3n) is 7.41. The number of hydrogen-bond acceptors (Lipinski definition) is 3. The number of esters is 1. The summed E-state index contributed by atoms with van der Waals surface area (Å²) in [7, 11) is 0. The fourth-order valence-corrected chi connectivity index (χ4v) is 4.96. The quantitative estimate of drug-likeness (QED) is 0.147. The number of phenols is 1. The minimum atomic E-state index is -0.159. The van der Waals surface area contributed by atoms with E-state index in [4.69, 9.17) is 4.74 Å². The number of carbonyl (C=O) groups excluding carboxylic acids is 1. The zero-order valence-corrected chi connectivity index (χ0v) is 25.6. The van der Waals surface area contributed by atoms with Crippen LogP contribution in [0.25, 0.3) is 0 Å². The van der Waals surface area contributed by atoms with E-state index in [1.807, 2.05) is 0 Å². The van der Waals surface area contributed by atoms with Gasteiger partial charge in [0, 0.05) is 6.42 Å². The van der Waals surface area contributed by atoms with Crippen LogP contribution in [0.4, 0.5) is 0 Å². The van der Waals surface area contributed by atoms with Crippen molar-refractivity contribution in [1.29, 1.82) is 0 Å². The molecule has 0 radical (unpaired) electrons. The molecule has 0 unspecified atom stereocenters. The topological polar surface area (TPSA) is 46.5 Å². The summed E-state index contributed by atoms with van der Waals surface area (Å²) in [6.07, 6.45) is 21.1. The van der Waals surface area contributed by atoms with Gasteiger partial charge in [-0.3, -0.25) is 4.79 Å². The Balaban J connectivity index is 2.17. The maximum Gasteiger partial charge on any atom is 0.306 e. The smallest absolute Gasteiger partial charge is 0.306 e. The third-order valence-corrected chi connectivity index (χ3v) is 7.41. The normalized spacial score (nSPS) is 12.2. The van der Waals surface area contributed by atoms with E-state index < -0.39 is 0 Å². The molecule has 0 amide bonds. The largest absolute Gasteiger partial charge is 0.507 e. The van der Waals surface area contributed by atoms with Gasteiger partial charge in [-0.2, -0.15) is 0 Å². The van der Waals surface area contributed by atoms with Crippen LogP contribution in [-0.2, 0) is 26.8 Å². The highest BCUT2D eigenvalue weighted by molar-refractivity contribution is 5.69. The van der Waals surface area contributed by atoms with E-state index in [0.29, 0.717) is 25.2 Å². The SMILES string of the molecule is CCCCCCCCCCCCCCCCCOC(=O)CCc1cc(C(C)(C)C)c(O)c(C(C)(C)C)c1. The van der Waals surface area contributed by atoms with E-state index in [0.717, 1.165) is 29.5 Å². The van der Waals surface area contributed by atoms with Crippen LogP contribution >= 0.6 is 0 Å². The molecule has 1 aromatic rings. The number of benzene rings is 1. The van der Waals surface area contributed by atoms with Crippen molar-refractivity contribution in [2.45, 2.75) is 168 Å². The summed E-state index contributed by atoms with van der Waals surface area (Å²) >= 11 is 0. The zero-order valence-electron chi connectivity index (χ0n) is 25.6. The molecule has 1 rings (SSSR count). The zero-order chi connectivity index (χ0) is 27.7. The molecule has 0 heterocycles. The number of aromatic hydroxyl groups is 1. The van der Waals surface area contributed by atoms with Crippen molar-refractivity contribution in [2.24, 2.45) is 0 Å². The second-order valence-electron chi connectivity index (χ2n) is 13.2. The van der Waals surface area contributed by atoms with Crippen LogP contribution in [0.5, 0.6) is 5.75 Å². The van der Waals surface area contributed by atoms with Gasteiger partial charge in [-0.1, -0.05) is 150 Å². The molecule has 0 aliphatic heterocycles. The van der Waals surface area contributed by atoms with Crippen LogP contribution < -0.4 is 0 Å². The Hall–Kier alpha value is -1.51. The molecule has 0 bridgehead atoms. The molecule has 1 N–H and O–H groups in total. The maximum atomic E-state index is 12.3. The Bertz CT molecular complexity index is 716. The summed E-state index contributed by atoms with van der Waals surface area (Å²) in [4.78, 5) is 12.3. The first-order valence-corrected chi connectivity index (χ1v) is 15.5. The van der Waals surface area contributed by atoms with Gasteiger partial charge in [-0.05, 0) is 40.4 Å². The molecule has 0 spiro atoms. The first-order chi connectivity index (χ1) is 17.5. The molecule has 1 aromatic carbocycles. The Morgan fingerprint density at radius 2 is 1.05 bits per heavy atom. The molecule has 0 aromatic heterocycles. The number of hydrogen-bond donors (Lipinski definition) is 1. The molecule has 37 heavy (non-hydrogen) atoms. The summed E-state index contributed by atoms with van der Waals surface area (Å²) in [5, 5.41) is 10.9. The van der Waals surface area contributed by atoms with Crippen molar-refractivity contribution in [3.8, 4) is 5.75 Å². The van der Waals surface area contributed by atoms with Crippen molar-refractivity contribution in [1.82, 2.24) is 0 Å². The van der Waals surface area contributed by atoms with Crippen LogP contribution in [0, 0.1) is 0 Å². The molecule has 0 saturated carbocycles. The summed E-state index contributed by atoms with van der Waals surface area (Å²) in [5.41, 5.74) is 2.67. The van der Waals surface area contributed by atoms with Gasteiger partial charge in [-0.15, -0.1) is 0 Å². The fraction of sp³-hybridized carbons (Fsp3) is 0.794. The molecule has 0 atom stereocenters. The predicted molar refractivity (Wildman–Crippen MR) is 160 cm³/mol. The summed E-state index contributed by atoms with van der Waals surface area (Å²) in [6.45, 7) is 15.5. The van der Waals surface area contributed by atoms with Gasteiger partial charge in [0.25, 0.3) is 0 Å². The lowest BCUT2D eigenvalue weighted by Crippen LogP contribution is -2.18. The number of rotatable bonds is 19. The van der Waals surface area contributed by atoms with Gasteiger partial charge in [-0.25, -0.2) is 0 Å². The molecule has 3 nitrogen and oxygen atoms in total. The van der Waals surface area contributed by atoms with Gasteiger partial charge in [0.1, 0.15) is 5.75 Å². The number of carbonyl (C=O) groups is 1. The Kier molecular flexibility index (Phi) is 16.2. The van der Waals surface area contributed by atoms with E-state index in [1.54, 1.807) is 0 Å². The second kappa shape index (κ2) is 17.9. The molecule has 214 valence electrons. The van der Waals surface area contributed by atoms with E-state index in [-0.39, 0.29) is 16.8 Å². The highest BCUT2D eigenvalue weighted by atomic mass is 16.5. The first kappa shape index (κ1) is 33.5. The highest BCUT2D eigenvalue weighted by Crippen LogP contribution is 2.40. The molecular formula is C34H60O3. The lowest BCUT2D eigenvalue weighted by molar-refractivity contribution is -0.143. The Labute approximate surface area is 230 Å². The molecular weight excluding hydrogens is 456 g/mol. The predicted octanol–water partition coefficient (Wildman–Crippen LogP) is 10.3. The number of unbranched alkanes of at least 4 members (excludes halogenated alkanes) is 14. The average Bonchev–Trinajstić information content (AvgIpc) is 2.81. The third kappa shape index (κ3) is 14.9. The van der Waals surface area contributed by atoms with Gasteiger partial charge in [0.2, 0.25) is 0 Å². The molecule has 3 heteroatoms. The summed E-state index contributed by atoms with van der Waals surface area (Å²) in [5.74, 6) is 0.271. The van der Waals surface area contributed by atoms with Crippen molar-refractivity contribution in [3.05, 3.63) is 28.8 Å². The Morgan fingerprint density at radius 1 is 0.676 bits per heavy atom. The van der Waals surface area contributed by atoms with Crippen LogP contribution in [0.2, 0.25) is 0 Å². The molecule has 0 fully saturated rings. The number of phenolic OH excluding ortho intramolecular Hbond substituents is 1. The van der Waals surface area contributed by atoms with Crippen molar-refractivity contribution in [3.63, 3.8) is 0 Å². The number of aryl methyl sites for hydroxylation is 1. The summed E-state index contributed by atoms with van der Waals surface area (Å²) < 4.78 is 5.51. The van der Waals surface area contributed by atoms with Crippen molar-refractivity contribution in [2.75, 3.05) is 6.61 Å². The Morgan fingerprint density at radius 3 is 1.43 bits per heavy atom. The van der Waals surface area contributed by atoms with Crippen LogP contribution in [0.15, 0.2) is 12.1 Å². The van der Waals surface area contributed by atoms with Crippen LogP contribution in [-0.4, -0.2) is 17.7 Å². The first-order valence-electron chi connectivity index (χ1n) is 15.5. The minimum absolute atomic E-state index is 0.118. The van der Waals surface area contributed by atoms with Crippen LogP contribution in [0.3, 0.4) is 0 Å².